The number of aliphatic hydroxyl groups is 2. The lowest BCUT2D eigenvalue weighted by Crippen LogP contribution is -2.35. The molecule has 1 aliphatic heterocycles. The second-order valence-electron chi connectivity index (χ2n) is 4.72. The lowest BCUT2D eigenvalue weighted by atomic mass is 10.0. The summed E-state index contributed by atoms with van der Waals surface area (Å²) in [5.74, 6) is 0. The molecule has 1 heterocycles. The third-order valence-corrected chi connectivity index (χ3v) is 3.40. The highest BCUT2D eigenvalue weighted by atomic mass is 19.4. The van der Waals surface area contributed by atoms with Gasteiger partial charge in [-0.05, 0) is 30.5 Å². The molecular formula is C13H16F3NO2. The second kappa shape index (κ2) is 5.38. The molecule has 0 amide bonds. The normalized spacial score (nSPS) is 17.8. The first-order chi connectivity index (χ1) is 8.91. The summed E-state index contributed by atoms with van der Waals surface area (Å²) in [7, 11) is 0. The first-order valence-electron chi connectivity index (χ1n) is 6.16. The van der Waals surface area contributed by atoms with Gasteiger partial charge >= 0.3 is 6.18 Å². The van der Waals surface area contributed by atoms with Crippen molar-refractivity contribution >= 4 is 5.69 Å². The molecule has 1 aromatic carbocycles. The van der Waals surface area contributed by atoms with E-state index in [1.54, 1.807) is 6.07 Å². The quantitative estimate of drug-likeness (QED) is 0.869. The van der Waals surface area contributed by atoms with Gasteiger partial charge in [-0.25, -0.2) is 0 Å². The molecule has 3 nitrogen and oxygen atoms in total. The number of piperidine rings is 1. The van der Waals surface area contributed by atoms with E-state index in [0.29, 0.717) is 31.6 Å². The highest BCUT2D eigenvalue weighted by Crippen LogP contribution is 2.35. The number of aliphatic hydroxyl groups excluding tert-OH is 2. The summed E-state index contributed by atoms with van der Waals surface area (Å²) in [5, 5.41) is 18.4. The Morgan fingerprint density at radius 3 is 2.37 bits per heavy atom. The summed E-state index contributed by atoms with van der Waals surface area (Å²) in [4.78, 5) is 1.82. The van der Waals surface area contributed by atoms with Crippen LogP contribution < -0.4 is 4.90 Å². The van der Waals surface area contributed by atoms with Crippen molar-refractivity contribution in [1.82, 2.24) is 0 Å². The van der Waals surface area contributed by atoms with E-state index in [0.717, 1.165) is 6.07 Å². The Morgan fingerprint density at radius 1 is 1.21 bits per heavy atom. The van der Waals surface area contributed by atoms with Gasteiger partial charge in [0.05, 0.1) is 18.3 Å². The number of nitrogens with zero attached hydrogens (tertiary/aromatic N) is 1. The first kappa shape index (κ1) is 14.1. The number of hydrogen-bond donors (Lipinski definition) is 2. The number of benzene rings is 1. The largest absolute Gasteiger partial charge is 0.416 e. The smallest absolute Gasteiger partial charge is 0.393 e. The van der Waals surface area contributed by atoms with Crippen molar-refractivity contribution in [2.24, 2.45) is 0 Å². The van der Waals surface area contributed by atoms with Crippen LogP contribution in [0.3, 0.4) is 0 Å². The van der Waals surface area contributed by atoms with Crippen molar-refractivity contribution in [3.8, 4) is 0 Å². The summed E-state index contributed by atoms with van der Waals surface area (Å²) in [5.41, 5.74) is -0.427. The van der Waals surface area contributed by atoms with Crippen molar-refractivity contribution in [2.75, 3.05) is 18.0 Å². The lowest BCUT2D eigenvalue weighted by Gasteiger charge is -2.32. The van der Waals surface area contributed by atoms with E-state index in [1.165, 1.54) is 6.07 Å². The van der Waals surface area contributed by atoms with Crippen LogP contribution in [0, 0.1) is 0 Å². The predicted octanol–water partition coefficient (Wildman–Crippen LogP) is 2.16. The van der Waals surface area contributed by atoms with Gasteiger partial charge in [0.25, 0.3) is 0 Å². The molecule has 106 valence electrons. The lowest BCUT2D eigenvalue weighted by molar-refractivity contribution is -0.138. The van der Waals surface area contributed by atoms with E-state index in [2.05, 4.69) is 0 Å². The zero-order chi connectivity index (χ0) is 14.0. The fourth-order valence-corrected chi connectivity index (χ4v) is 2.29. The molecule has 0 bridgehead atoms. The molecule has 0 unspecified atom stereocenters. The molecule has 1 saturated heterocycles. The molecule has 1 aliphatic rings. The van der Waals surface area contributed by atoms with Gasteiger partial charge in [0.1, 0.15) is 0 Å². The number of rotatable bonds is 2. The molecule has 19 heavy (non-hydrogen) atoms. The summed E-state index contributed by atoms with van der Waals surface area (Å²) < 4.78 is 38.6. The minimum atomic E-state index is -4.47. The summed E-state index contributed by atoms with van der Waals surface area (Å²) >= 11 is 0. The maximum atomic E-state index is 12.9. The van der Waals surface area contributed by atoms with Gasteiger partial charge in [-0.3, -0.25) is 0 Å². The van der Waals surface area contributed by atoms with Crippen LogP contribution in [0.4, 0.5) is 18.9 Å². The van der Waals surface area contributed by atoms with E-state index in [9.17, 15) is 18.3 Å². The molecule has 0 aliphatic carbocycles. The maximum Gasteiger partial charge on any atom is 0.416 e. The molecule has 2 rings (SSSR count). The minimum Gasteiger partial charge on any atom is -0.393 e. The average molecular weight is 275 g/mol. The van der Waals surface area contributed by atoms with Gasteiger partial charge in [0.15, 0.2) is 0 Å². The Kier molecular flexibility index (Phi) is 4.01. The van der Waals surface area contributed by atoms with Crippen molar-refractivity contribution in [2.45, 2.75) is 31.7 Å². The third kappa shape index (κ3) is 3.19. The average Bonchev–Trinajstić information content (AvgIpc) is 2.38. The minimum absolute atomic E-state index is 0.117. The summed E-state index contributed by atoms with van der Waals surface area (Å²) in [6.45, 7) is 0.446. The molecular weight excluding hydrogens is 259 g/mol. The van der Waals surface area contributed by atoms with E-state index in [4.69, 9.17) is 5.11 Å². The number of hydrogen-bond acceptors (Lipinski definition) is 3. The van der Waals surface area contributed by atoms with Crippen LogP contribution in [0.25, 0.3) is 0 Å². The molecule has 1 fully saturated rings. The van der Waals surface area contributed by atoms with Gasteiger partial charge in [0, 0.05) is 18.8 Å². The van der Waals surface area contributed by atoms with Crippen LogP contribution in [-0.2, 0) is 12.8 Å². The number of anilines is 1. The van der Waals surface area contributed by atoms with Gasteiger partial charge < -0.3 is 15.1 Å². The zero-order valence-electron chi connectivity index (χ0n) is 10.3. The Morgan fingerprint density at radius 2 is 1.84 bits per heavy atom. The predicted molar refractivity (Wildman–Crippen MR) is 64.8 cm³/mol. The van der Waals surface area contributed by atoms with Gasteiger partial charge in [-0.2, -0.15) is 13.2 Å². The molecule has 0 aromatic heterocycles. The Hall–Kier alpha value is -1.27. The Balaban J connectivity index is 2.28. The fraction of sp³-hybridized carbons (Fsp3) is 0.538. The van der Waals surface area contributed by atoms with Gasteiger partial charge in [-0.1, -0.05) is 6.07 Å². The van der Waals surface area contributed by atoms with E-state index < -0.39 is 18.3 Å². The van der Waals surface area contributed by atoms with Crippen molar-refractivity contribution in [3.63, 3.8) is 0 Å². The Bertz CT molecular complexity index is 440. The topological polar surface area (TPSA) is 43.7 Å². The van der Waals surface area contributed by atoms with Crippen LogP contribution in [0.2, 0.25) is 0 Å². The van der Waals surface area contributed by atoms with E-state index in [1.807, 2.05) is 4.90 Å². The highest BCUT2D eigenvalue weighted by Gasteiger charge is 2.34. The van der Waals surface area contributed by atoms with Crippen LogP contribution in [0.1, 0.15) is 24.0 Å². The first-order valence-corrected chi connectivity index (χ1v) is 6.16. The van der Waals surface area contributed by atoms with Gasteiger partial charge in [0.2, 0.25) is 0 Å². The van der Waals surface area contributed by atoms with Crippen molar-refractivity contribution < 1.29 is 23.4 Å². The maximum absolute atomic E-state index is 12.9. The molecule has 0 radical (unpaired) electrons. The van der Waals surface area contributed by atoms with E-state index in [-0.39, 0.29) is 11.7 Å². The second-order valence-corrected chi connectivity index (χ2v) is 4.72. The fourth-order valence-electron chi connectivity index (χ4n) is 2.29. The third-order valence-electron chi connectivity index (χ3n) is 3.40. The molecule has 0 atom stereocenters. The molecule has 2 N–H and O–H groups in total. The highest BCUT2D eigenvalue weighted by molar-refractivity contribution is 5.52. The van der Waals surface area contributed by atoms with Gasteiger partial charge in [-0.15, -0.1) is 0 Å². The van der Waals surface area contributed by atoms with Crippen LogP contribution >= 0.6 is 0 Å². The van der Waals surface area contributed by atoms with Crippen LogP contribution in [0.5, 0.6) is 0 Å². The number of alkyl halides is 3. The van der Waals surface area contributed by atoms with Crippen LogP contribution in [0.15, 0.2) is 18.2 Å². The molecule has 0 saturated carbocycles. The standard InChI is InChI=1S/C13H16F3NO2/c14-13(15,16)12-7-10(2-1-9(12)8-18)17-5-3-11(19)4-6-17/h1-2,7,11,18-19H,3-6,8H2. The Labute approximate surface area is 109 Å². The number of halogens is 3. The van der Waals surface area contributed by atoms with Crippen molar-refractivity contribution in [1.29, 1.82) is 0 Å². The zero-order valence-corrected chi connectivity index (χ0v) is 10.3. The SMILES string of the molecule is OCc1ccc(N2CCC(O)CC2)cc1C(F)(F)F. The molecule has 0 spiro atoms. The summed E-state index contributed by atoms with van der Waals surface area (Å²) in [6.07, 6.45) is -3.72. The van der Waals surface area contributed by atoms with Crippen molar-refractivity contribution in [3.05, 3.63) is 29.3 Å². The van der Waals surface area contributed by atoms with Crippen LogP contribution in [-0.4, -0.2) is 29.4 Å². The monoisotopic (exact) mass is 275 g/mol. The molecule has 1 aromatic rings. The van der Waals surface area contributed by atoms with E-state index >= 15 is 0 Å². The summed E-state index contributed by atoms with van der Waals surface area (Å²) in [6, 6.07) is 3.96. The molecule has 6 heteroatoms.